The van der Waals surface area contributed by atoms with E-state index in [4.69, 9.17) is 28.0 Å². The minimum absolute atomic E-state index is 0. The Balaban J connectivity index is -0.000000159. The first-order chi connectivity index (χ1) is 13.0. The van der Waals surface area contributed by atoms with Crippen LogP contribution in [0.15, 0.2) is 0 Å². The van der Waals surface area contributed by atoms with Crippen molar-refractivity contribution in [1.82, 2.24) is 0 Å². The Morgan fingerprint density at radius 1 is 0.828 bits per heavy atom. The summed E-state index contributed by atoms with van der Waals surface area (Å²) in [5.74, 6) is -1.71. The summed E-state index contributed by atoms with van der Waals surface area (Å²) in [6.45, 7) is 0.604. The third-order valence-corrected chi connectivity index (χ3v) is 4.45. The van der Waals surface area contributed by atoms with Crippen molar-refractivity contribution in [3.63, 3.8) is 0 Å². The molecule has 0 saturated heterocycles. The van der Waals surface area contributed by atoms with Gasteiger partial charge in [-0.05, 0) is 56.2 Å². The van der Waals surface area contributed by atoms with Crippen LogP contribution in [-0.4, -0.2) is 71.7 Å². The van der Waals surface area contributed by atoms with Crippen molar-refractivity contribution in [3.05, 3.63) is 0 Å². The van der Waals surface area contributed by atoms with Crippen LogP contribution in [0.2, 0.25) is 0 Å². The van der Waals surface area contributed by atoms with Crippen molar-refractivity contribution in [1.29, 1.82) is 0 Å². The molecule has 0 aromatic carbocycles. The molecule has 177 valence electrons. The topological polar surface area (TPSA) is 222 Å². The molecule has 0 aliphatic carbocycles. The number of carboxylic acids is 3. The van der Waals surface area contributed by atoms with E-state index in [2.05, 4.69) is 0 Å². The zero-order chi connectivity index (χ0) is 22.5. The molecule has 0 fully saturated rings. The van der Waals surface area contributed by atoms with Crippen LogP contribution in [0, 0.1) is 0 Å². The SMILES string of the molecule is CSCC[C@H](N)C(=O)[O-].CSCC[C@H](N)C(=O)[O-].NCCCC[C@H](N)C(=O)O.[Cu+2]. The van der Waals surface area contributed by atoms with Crippen molar-refractivity contribution < 1.29 is 46.8 Å². The predicted octanol–water partition coefficient (Wildman–Crippen LogP) is -2.84. The molecule has 0 unspecified atom stereocenters. The van der Waals surface area contributed by atoms with Crippen LogP contribution in [0.3, 0.4) is 0 Å². The van der Waals surface area contributed by atoms with Gasteiger partial charge in [0.25, 0.3) is 0 Å². The standard InChI is InChI=1S/C6H14N2O2.2C5H11NO2S.Cu/c7-4-2-1-3-5(8)6(9)10;2*1-9-3-2-4(6)5(7)8;/h5H,1-4,7-8H2,(H,9,10);2*4H,2-3,6H2,1H3,(H,7,8);/q;;;+2/p-2/t5-;2*4-;/m000./s1. The Labute approximate surface area is 191 Å². The molecular weight excluding hydrogens is 472 g/mol. The third-order valence-electron chi connectivity index (χ3n) is 3.16. The third kappa shape index (κ3) is 29.8. The van der Waals surface area contributed by atoms with E-state index in [0.717, 1.165) is 24.3 Å². The molecule has 0 aromatic rings. The number of aliphatic carboxylic acids is 3. The zero-order valence-corrected chi connectivity index (χ0v) is 19.4. The van der Waals surface area contributed by atoms with Gasteiger partial charge in [0.1, 0.15) is 6.04 Å². The fourth-order valence-corrected chi connectivity index (χ4v) is 2.34. The molecule has 1 radical (unpaired) electrons. The summed E-state index contributed by atoms with van der Waals surface area (Å²) in [5, 5.41) is 28.2. The molecule has 0 bridgehead atoms. The molecule has 0 saturated carbocycles. The maximum atomic E-state index is 10.1. The van der Waals surface area contributed by atoms with Gasteiger partial charge in [0.05, 0.1) is 11.9 Å². The van der Waals surface area contributed by atoms with Crippen LogP contribution in [0.25, 0.3) is 0 Å². The maximum absolute atomic E-state index is 10.1. The first kappa shape index (κ1) is 35.9. The Kier molecular flexibility index (Phi) is 31.6. The van der Waals surface area contributed by atoms with Gasteiger partial charge < -0.3 is 47.8 Å². The smallest absolute Gasteiger partial charge is 0.548 e. The van der Waals surface area contributed by atoms with E-state index < -0.39 is 36.0 Å². The van der Waals surface area contributed by atoms with Gasteiger partial charge in [0.2, 0.25) is 0 Å². The number of carboxylic acid groups (broad SMARTS) is 3. The first-order valence-electron chi connectivity index (χ1n) is 8.64. The molecule has 0 spiro atoms. The summed E-state index contributed by atoms with van der Waals surface area (Å²) in [6.07, 6.45) is 6.95. The van der Waals surface area contributed by atoms with E-state index >= 15 is 0 Å². The van der Waals surface area contributed by atoms with Gasteiger partial charge in [0.15, 0.2) is 0 Å². The normalized spacial score (nSPS) is 12.6. The molecule has 9 N–H and O–H groups in total. The van der Waals surface area contributed by atoms with Gasteiger partial charge in [0, 0.05) is 12.1 Å². The summed E-state index contributed by atoms with van der Waals surface area (Å²) in [5.41, 5.74) is 20.7. The van der Waals surface area contributed by atoms with Crippen LogP contribution in [-0.2, 0) is 31.5 Å². The Hall–Kier alpha value is -0.531. The second-order valence-corrected chi connectivity index (χ2v) is 7.61. The molecule has 0 heterocycles. The largest absolute Gasteiger partial charge is 2.00 e. The van der Waals surface area contributed by atoms with Crippen molar-refractivity contribution in [2.75, 3.05) is 30.6 Å². The minimum atomic E-state index is -1.16. The quantitative estimate of drug-likeness (QED) is 0.126. The second-order valence-electron chi connectivity index (χ2n) is 5.64. The van der Waals surface area contributed by atoms with Gasteiger partial charge in [-0.15, -0.1) is 0 Å². The summed E-state index contributed by atoms with van der Waals surface area (Å²) in [7, 11) is 0. The van der Waals surface area contributed by atoms with Crippen molar-refractivity contribution in [3.8, 4) is 0 Å². The second kappa shape index (κ2) is 25.5. The number of hydrogen-bond acceptors (Lipinski definition) is 11. The Bertz CT molecular complexity index is 401. The average Bonchev–Trinajstić information content (AvgIpc) is 2.64. The van der Waals surface area contributed by atoms with E-state index in [-0.39, 0.29) is 17.1 Å². The van der Waals surface area contributed by atoms with Crippen LogP contribution in [0.1, 0.15) is 32.1 Å². The van der Waals surface area contributed by atoms with Crippen LogP contribution >= 0.6 is 23.5 Å². The Morgan fingerprint density at radius 2 is 1.21 bits per heavy atom. The van der Waals surface area contributed by atoms with E-state index in [1.807, 2.05) is 12.5 Å². The summed E-state index contributed by atoms with van der Waals surface area (Å²) < 4.78 is 0. The summed E-state index contributed by atoms with van der Waals surface area (Å²) in [6, 6.07) is -2.30. The van der Waals surface area contributed by atoms with Gasteiger partial charge >= 0.3 is 23.0 Å². The number of thioether (sulfide) groups is 2. The number of carbonyl (C=O) groups is 3. The molecule has 0 aromatic heterocycles. The van der Waals surface area contributed by atoms with Gasteiger partial charge in [-0.3, -0.25) is 4.79 Å². The molecule has 0 aliphatic rings. The van der Waals surface area contributed by atoms with Crippen molar-refractivity contribution >= 4 is 41.4 Å². The fraction of sp³-hybridized carbons (Fsp3) is 0.812. The van der Waals surface area contributed by atoms with Gasteiger partial charge in [-0.2, -0.15) is 23.5 Å². The molecular formula is C16H34CuN4O6S2. The number of hydrogen-bond donors (Lipinski definition) is 5. The van der Waals surface area contributed by atoms with Gasteiger partial charge in [-0.25, -0.2) is 0 Å². The van der Waals surface area contributed by atoms with Crippen molar-refractivity contribution in [2.24, 2.45) is 22.9 Å². The average molecular weight is 506 g/mol. The van der Waals surface area contributed by atoms with Crippen LogP contribution < -0.4 is 33.1 Å². The van der Waals surface area contributed by atoms with E-state index in [1.165, 1.54) is 0 Å². The fourth-order valence-electron chi connectivity index (χ4n) is 1.36. The molecule has 0 rings (SSSR count). The number of rotatable bonds is 13. The number of carbonyl (C=O) groups excluding carboxylic acids is 2. The predicted molar refractivity (Wildman–Crippen MR) is 110 cm³/mol. The van der Waals surface area contributed by atoms with Crippen molar-refractivity contribution in [2.45, 2.75) is 50.2 Å². The molecule has 10 nitrogen and oxygen atoms in total. The van der Waals surface area contributed by atoms with Crippen LogP contribution in [0.5, 0.6) is 0 Å². The zero-order valence-electron chi connectivity index (χ0n) is 16.8. The monoisotopic (exact) mass is 505 g/mol. The summed E-state index contributed by atoms with van der Waals surface area (Å²) in [4.78, 5) is 30.1. The van der Waals surface area contributed by atoms with E-state index in [0.29, 0.717) is 25.8 Å². The molecule has 0 amide bonds. The molecule has 3 atom stereocenters. The van der Waals surface area contributed by atoms with E-state index in [1.54, 1.807) is 23.5 Å². The number of unbranched alkanes of at least 4 members (excludes halogenated alkanes) is 1. The van der Waals surface area contributed by atoms with E-state index in [9.17, 15) is 24.6 Å². The molecule has 0 aliphatic heterocycles. The minimum Gasteiger partial charge on any atom is -0.548 e. The molecule has 29 heavy (non-hydrogen) atoms. The molecule has 13 heteroatoms. The maximum Gasteiger partial charge on any atom is 2.00 e. The summed E-state index contributed by atoms with van der Waals surface area (Å²) >= 11 is 3.15. The van der Waals surface area contributed by atoms with Gasteiger partial charge in [-0.1, -0.05) is 6.42 Å². The first-order valence-corrected chi connectivity index (χ1v) is 11.4. The number of nitrogens with two attached hydrogens (primary N) is 4. The Morgan fingerprint density at radius 3 is 1.45 bits per heavy atom. The van der Waals surface area contributed by atoms with Crippen LogP contribution in [0.4, 0.5) is 0 Å².